The molecule has 1 aliphatic rings. The Morgan fingerprint density at radius 3 is 2.27 bits per heavy atom. The fraction of sp³-hybridized carbons (Fsp3) is 0.296. The van der Waals surface area contributed by atoms with Gasteiger partial charge in [-0.05, 0) is 42.3 Å². The van der Waals surface area contributed by atoms with Crippen LogP contribution in [0.25, 0.3) is 0 Å². The maximum Gasteiger partial charge on any atom is 0.340 e. The van der Waals surface area contributed by atoms with E-state index in [0.717, 1.165) is 40.8 Å². The zero-order chi connectivity index (χ0) is 23.3. The first-order valence-electron chi connectivity index (χ1n) is 10.9. The Morgan fingerprint density at radius 1 is 0.848 bits per heavy atom. The summed E-state index contributed by atoms with van der Waals surface area (Å²) in [6.45, 7) is 2.44. The number of carbonyl (C=O) groups is 1. The zero-order valence-electron chi connectivity index (χ0n) is 19.1. The third-order valence-corrected chi connectivity index (χ3v) is 5.69. The molecule has 6 nitrogen and oxygen atoms in total. The molecule has 0 saturated carbocycles. The number of cyclic esters (lactones) is 1. The quantitative estimate of drug-likeness (QED) is 0.319. The monoisotopic (exact) mass is 448 g/mol. The molecule has 0 bridgehead atoms. The predicted molar refractivity (Wildman–Crippen MR) is 124 cm³/mol. The fourth-order valence-corrected chi connectivity index (χ4v) is 4.25. The van der Waals surface area contributed by atoms with Gasteiger partial charge >= 0.3 is 5.97 Å². The number of ether oxygens (including phenoxy) is 5. The number of esters is 1. The summed E-state index contributed by atoms with van der Waals surface area (Å²) in [7, 11) is 3.17. The van der Waals surface area contributed by atoms with Gasteiger partial charge in [0.05, 0.1) is 5.56 Å². The van der Waals surface area contributed by atoms with E-state index in [2.05, 4.69) is 13.0 Å². The molecule has 3 aromatic rings. The second kappa shape index (κ2) is 10.1. The van der Waals surface area contributed by atoms with Crippen molar-refractivity contribution in [1.82, 2.24) is 0 Å². The van der Waals surface area contributed by atoms with Crippen LogP contribution >= 0.6 is 0 Å². The minimum absolute atomic E-state index is 0.158. The van der Waals surface area contributed by atoms with E-state index in [9.17, 15) is 4.79 Å². The molecule has 6 heteroatoms. The summed E-state index contributed by atoms with van der Waals surface area (Å²) in [6.07, 6.45) is 1.77. The molecule has 0 aliphatic carbocycles. The summed E-state index contributed by atoms with van der Waals surface area (Å²) in [5.41, 5.74) is 3.03. The average Bonchev–Trinajstić information content (AvgIpc) is 3.16. The van der Waals surface area contributed by atoms with Crippen LogP contribution < -0.4 is 9.47 Å². The standard InChI is InChI=1S/C27H28O6/c1-4-7-19-16-21(12-15-25(19)32-18-30-3)27(20-10-13-22(14-11-20)31-17-29-2)24-9-6-5-8-23(24)26(28)33-27/h5-6,8-16H,4,7,17-18H2,1-3H3. The van der Waals surface area contributed by atoms with Gasteiger partial charge in [-0.25, -0.2) is 4.79 Å². The van der Waals surface area contributed by atoms with E-state index in [1.165, 1.54) is 0 Å². The molecule has 1 atom stereocenters. The van der Waals surface area contributed by atoms with Crippen molar-refractivity contribution in [2.24, 2.45) is 0 Å². The predicted octanol–water partition coefficient (Wildman–Crippen LogP) is 5.07. The molecule has 0 amide bonds. The van der Waals surface area contributed by atoms with Crippen LogP contribution in [0.15, 0.2) is 66.7 Å². The number of aryl methyl sites for hydroxylation is 1. The molecule has 0 saturated heterocycles. The molecule has 0 N–H and O–H groups in total. The second-order valence-electron chi connectivity index (χ2n) is 7.81. The first kappa shape index (κ1) is 22.8. The molecule has 0 aromatic heterocycles. The van der Waals surface area contributed by atoms with Crippen LogP contribution in [0.3, 0.4) is 0 Å². The molecule has 172 valence electrons. The summed E-state index contributed by atoms with van der Waals surface area (Å²) < 4.78 is 27.6. The van der Waals surface area contributed by atoms with Crippen molar-refractivity contribution in [2.75, 3.05) is 27.8 Å². The molecule has 1 aliphatic heterocycles. The fourth-order valence-electron chi connectivity index (χ4n) is 4.25. The zero-order valence-corrected chi connectivity index (χ0v) is 19.1. The Hall–Kier alpha value is -3.35. The van der Waals surface area contributed by atoms with Crippen molar-refractivity contribution >= 4 is 5.97 Å². The molecule has 1 heterocycles. The van der Waals surface area contributed by atoms with Crippen molar-refractivity contribution in [1.29, 1.82) is 0 Å². The smallest absolute Gasteiger partial charge is 0.340 e. The molecule has 3 aromatic carbocycles. The van der Waals surface area contributed by atoms with Crippen LogP contribution in [0.4, 0.5) is 0 Å². The Bertz CT molecular complexity index is 1110. The van der Waals surface area contributed by atoms with Gasteiger partial charge < -0.3 is 23.7 Å². The first-order chi connectivity index (χ1) is 16.1. The number of fused-ring (bicyclic) bond motifs is 1. The summed E-state index contributed by atoms with van der Waals surface area (Å²) >= 11 is 0. The van der Waals surface area contributed by atoms with Crippen LogP contribution in [0.2, 0.25) is 0 Å². The maximum absolute atomic E-state index is 13.0. The molecule has 0 radical (unpaired) electrons. The molecule has 0 fully saturated rings. The minimum Gasteiger partial charge on any atom is -0.468 e. The van der Waals surface area contributed by atoms with Gasteiger partial charge in [-0.15, -0.1) is 0 Å². The highest BCUT2D eigenvalue weighted by atomic mass is 16.7. The van der Waals surface area contributed by atoms with E-state index >= 15 is 0 Å². The molecular formula is C27H28O6. The Kier molecular flexibility index (Phi) is 6.96. The van der Waals surface area contributed by atoms with Gasteiger partial charge in [0.25, 0.3) is 0 Å². The van der Waals surface area contributed by atoms with E-state index in [0.29, 0.717) is 11.3 Å². The van der Waals surface area contributed by atoms with Crippen LogP contribution in [-0.4, -0.2) is 33.8 Å². The maximum atomic E-state index is 13.0. The van der Waals surface area contributed by atoms with Gasteiger partial charge in [0.15, 0.2) is 19.2 Å². The van der Waals surface area contributed by atoms with E-state index in [-0.39, 0.29) is 19.6 Å². The summed E-state index contributed by atoms with van der Waals surface area (Å²) in [4.78, 5) is 13.0. The van der Waals surface area contributed by atoms with Gasteiger partial charge in [-0.1, -0.05) is 49.7 Å². The lowest BCUT2D eigenvalue weighted by molar-refractivity contribution is 0.0250. The van der Waals surface area contributed by atoms with E-state index in [4.69, 9.17) is 23.7 Å². The van der Waals surface area contributed by atoms with Crippen molar-refractivity contribution in [2.45, 2.75) is 25.4 Å². The number of rotatable bonds is 10. The molecule has 4 rings (SSSR count). The second-order valence-corrected chi connectivity index (χ2v) is 7.81. The molecule has 33 heavy (non-hydrogen) atoms. The van der Waals surface area contributed by atoms with Crippen molar-refractivity contribution in [3.8, 4) is 11.5 Å². The SMILES string of the molecule is CCCc1cc(C2(c3ccc(OCOC)cc3)OC(=O)c3ccccc32)ccc1OCOC. The van der Waals surface area contributed by atoms with Crippen molar-refractivity contribution < 1.29 is 28.5 Å². The number of methoxy groups -OCH3 is 2. The van der Waals surface area contributed by atoms with E-state index in [1.807, 2.05) is 54.6 Å². The normalized spacial score (nSPS) is 16.9. The van der Waals surface area contributed by atoms with Gasteiger partial charge in [0.2, 0.25) is 0 Å². The minimum atomic E-state index is -1.07. The average molecular weight is 449 g/mol. The Morgan fingerprint density at radius 2 is 1.55 bits per heavy atom. The summed E-state index contributed by atoms with van der Waals surface area (Å²) in [6, 6.07) is 21.0. The molecule has 0 spiro atoms. The molecule has 1 unspecified atom stereocenters. The van der Waals surface area contributed by atoms with Gasteiger partial charge in [0.1, 0.15) is 11.5 Å². The first-order valence-corrected chi connectivity index (χ1v) is 10.9. The van der Waals surface area contributed by atoms with Crippen LogP contribution in [0.5, 0.6) is 11.5 Å². The summed E-state index contributed by atoms with van der Waals surface area (Å²) in [5, 5.41) is 0. The lowest BCUT2D eigenvalue weighted by Gasteiger charge is -2.31. The third-order valence-electron chi connectivity index (χ3n) is 5.69. The van der Waals surface area contributed by atoms with Gasteiger partial charge in [-0.2, -0.15) is 0 Å². The van der Waals surface area contributed by atoms with Crippen LogP contribution in [0, 0.1) is 0 Å². The topological polar surface area (TPSA) is 63.2 Å². The number of carbonyl (C=O) groups excluding carboxylic acids is 1. The number of hydrogen-bond donors (Lipinski definition) is 0. The Labute approximate surface area is 194 Å². The summed E-state index contributed by atoms with van der Waals surface area (Å²) in [5.74, 6) is 1.09. The third kappa shape index (κ3) is 4.32. The largest absolute Gasteiger partial charge is 0.468 e. The van der Waals surface area contributed by atoms with E-state index in [1.54, 1.807) is 20.3 Å². The van der Waals surface area contributed by atoms with Gasteiger partial charge in [0, 0.05) is 30.9 Å². The lowest BCUT2D eigenvalue weighted by Crippen LogP contribution is -2.29. The van der Waals surface area contributed by atoms with Crippen LogP contribution in [-0.2, 0) is 26.2 Å². The highest BCUT2D eigenvalue weighted by molar-refractivity contribution is 5.96. The molecular weight excluding hydrogens is 420 g/mol. The van der Waals surface area contributed by atoms with Crippen LogP contribution in [0.1, 0.15) is 46.0 Å². The number of benzene rings is 3. The highest BCUT2D eigenvalue weighted by Crippen LogP contribution is 2.48. The lowest BCUT2D eigenvalue weighted by atomic mass is 9.79. The number of hydrogen-bond acceptors (Lipinski definition) is 6. The Balaban J connectivity index is 1.87. The van der Waals surface area contributed by atoms with E-state index < -0.39 is 5.60 Å². The van der Waals surface area contributed by atoms with Gasteiger partial charge in [-0.3, -0.25) is 0 Å². The van der Waals surface area contributed by atoms with Crippen molar-refractivity contribution in [3.63, 3.8) is 0 Å². The van der Waals surface area contributed by atoms with Crippen molar-refractivity contribution in [3.05, 3.63) is 94.5 Å². The highest BCUT2D eigenvalue weighted by Gasteiger charge is 2.48.